The summed E-state index contributed by atoms with van der Waals surface area (Å²) in [7, 11) is 0. The second-order valence-electron chi connectivity index (χ2n) is 4.41. The van der Waals surface area contributed by atoms with Crippen LogP contribution in [-0.2, 0) is 17.9 Å². The fraction of sp³-hybridized carbons (Fsp3) is 0.727. The number of carbonyl (C=O) groups is 1. The molecule has 6 nitrogen and oxygen atoms in total. The number of carboxylic acids is 1. The number of thioether (sulfide) groups is 2. The zero-order valence-corrected chi connectivity index (χ0v) is 12.1. The fourth-order valence-corrected chi connectivity index (χ4v) is 3.93. The van der Waals surface area contributed by atoms with Crippen LogP contribution in [0.15, 0.2) is 5.16 Å². The Kier molecular flexibility index (Phi) is 5.53. The van der Waals surface area contributed by atoms with Crippen LogP contribution in [0, 0.1) is 5.92 Å². The average molecular weight is 303 g/mol. The molecule has 0 unspecified atom stereocenters. The zero-order valence-electron chi connectivity index (χ0n) is 10.5. The average Bonchev–Trinajstić information content (AvgIpc) is 2.80. The van der Waals surface area contributed by atoms with Gasteiger partial charge in [0.05, 0.1) is 5.75 Å². The number of hydrogen-bond donors (Lipinski definition) is 2. The maximum Gasteiger partial charge on any atom is 0.313 e. The highest BCUT2D eigenvalue weighted by Crippen LogP contribution is 2.26. The van der Waals surface area contributed by atoms with E-state index >= 15 is 0 Å². The Morgan fingerprint density at radius 3 is 2.79 bits per heavy atom. The second-order valence-corrected chi connectivity index (χ2v) is 6.57. The summed E-state index contributed by atoms with van der Waals surface area (Å²) >= 11 is 3.12. The van der Waals surface area contributed by atoms with Gasteiger partial charge in [-0.15, -0.1) is 10.2 Å². The van der Waals surface area contributed by atoms with Crippen LogP contribution < -0.4 is 0 Å². The van der Waals surface area contributed by atoms with Crippen LogP contribution in [0.2, 0.25) is 0 Å². The van der Waals surface area contributed by atoms with Crippen molar-refractivity contribution in [2.45, 2.75) is 31.1 Å². The van der Waals surface area contributed by atoms with Crippen LogP contribution in [-0.4, -0.2) is 48.2 Å². The highest BCUT2D eigenvalue weighted by Gasteiger charge is 2.19. The zero-order chi connectivity index (χ0) is 13.7. The summed E-state index contributed by atoms with van der Waals surface area (Å²) in [6.07, 6.45) is 2.30. The molecular weight excluding hydrogens is 286 g/mol. The molecule has 2 N–H and O–H groups in total. The molecule has 0 atom stereocenters. The first-order valence-electron chi connectivity index (χ1n) is 6.16. The molecule has 0 saturated carbocycles. The lowest BCUT2D eigenvalue weighted by Gasteiger charge is -2.22. The van der Waals surface area contributed by atoms with Gasteiger partial charge in [-0.25, -0.2) is 0 Å². The van der Waals surface area contributed by atoms with Crippen molar-refractivity contribution in [3.05, 3.63) is 5.82 Å². The molecule has 0 bridgehead atoms. The Balaban J connectivity index is 2.06. The number of hydrogen-bond acceptors (Lipinski definition) is 6. The SMILES string of the molecule is O=C(O)CSc1nnc(CO)n1CC1CCSCC1. The first-order chi connectivity index (χ1) is 9.20. The van der Waals surface area contributed by atoms with Gasteiger partial charge in [0, 0.05) is 6.54 Å². The predicted octanol–water partition coefficient (Wildman–Crippen LogP) is 1.09. The Morgan fingerprint density at radius 1 is 1.42 bits per heavy atom. The summed E-state index contributed by atoms with van der Waals surface area (Å²) in [5, 5.41) is 26.5. The van der Waals surface area contributed by atoms with Crippen LogP contribution in [0.4, 0.5) is 0 Å². The lowest BCUT2D eigenvalue weighted by atomic mass is 10.0. The van der Waals surface area contributed by atoms with Gasteiger partial charge in [-0.3, -0.25) is 4.79 Å². The molecule has 0 aliphatic carbocycles. The van der Waals surface area contributed by atoms with Crippen molar-refractivity contribution in [3.8, 4) is 0 Å². The largest absolute Gasteiger partial charge is 0.481 e. The molecule has 1 aliphatic heterocycles. The summed E-state index contributed by atoms with van der Waals surface area (Å²) < 4.78 is 1.87. The van der Waals surface area contributed by atoms with E-state index in [9.17, 15) is 9.90 Å². The van der Waals surface area contributed by atoms with Gasteiger partial charge in [-0.05, 0) is 30.3 Å². The van der Waals surface area contributed by atoms with E-state index in [1.54, 1.807) is 0 Å². The normalized spacial score (nSPS) is 16.7. The van der Waals surface area contributed by atoms with Gasteiger partial charge in [-0.1, -0.05) is 11.8 Å². The minimum absolute atomic E-state index is 0.0376. The van der Waals surface area contributed by atoms with E-state index in [0.717, 1.165) is 31.1 Å². The molecule has 0 spiro atoms. The van der Waals surface area contributed by atoms with Crippen molar-refractivity contribution >= 4 is 29.5 Å². The number of nitrogens with zero attached hydrogens (tertiary/aromatic N) is 3. The molecule has 1 aliphatic rings. The molecule has 1 aromatic heterocycles. The Bertz CT molecular complexity index is 433. The standard InChI is InChI=1S/C11H17N3O3S2/c15-6-9-12-13-11(19-7-10(16)17)14(9)5-8-1-3-18-4-2-8/h8,15H,1-7H2,(H,16,17). The Labute approximate surface area is 120 Å². The highest BCUT2D eigenvalue weighted by molar-refractivity contribution is 7.99. The summed E-state index contributed by atoms with van der Waals surface area (Å²) in [5.41, 5.74) is 0. The van der Waals surface area contributed by atoms with Crippen LogP contribution in [0.25, 0.3) is 0 Å². The quantitative estimate of drug-likeness (QED) is 0.760. The highest BCUT2D eigenvalue weighted by atomic mass is 32.2. The number of aliphatic hydroxyl groups excluding tert-OH is 1. The predicted molar refractivity (Wildman–Crippen MR) is 74.4 cm³/mol. The van der Waals surface area contributed by atoms with Crippen molar-refractivity contribution in [1.82, 2.24) is 14.8 Å². The smallest absolute Gasteiger partial charge is 0.313 e. The van der Waals surface area contributed by atoms with Crippen LogP contribution in [0.5, 0.6) is 0 Å². The monoisotopic (exact) mass is 303 g/mol. The van der Waals surface area contributed by atoms with Gasteiger partial charge in [0.2, 0.25) is 0 Å². The minimum atomic E-state index is -0.876. The maximum absolute atomic E-state index is 10.6. The third kappa shape index (κ3) is 4.12. The topological polar surface area (TPSA) is 88.2 Å². The number of aliphatic hydroxyl groups is 1. The molecule has 1 saturated heterocycles. The molecular formula is C11H17N3O3S2. The van der Waals surface area contributed by atoms with E-state index in [-0.39, 0.29) is 12.4 Å². The van der Waals surface area contributed by atoms with Gasteiger partial charge in [0.25, 0.3) is 0 Å². The van der Waals surface area contributed by atoms with Gasteiger partial charge < -0.3 is 14.8 Å². The lowest BCUT2D eigenvalue weighted by molar-refractivity contribution is -0.133. The summed E-state index contributed by atoms with van der Waals surface area (Å²) in [6.45, 7) is 0.605. The number of rotatable bonds is 6. The van der Waals surface area contributed by atoms with Gasteiger partial charge in [0.15, 0.2) is 11.0 Å². The van der Waals surface area contributed by atoms with E-state index < -0.39 is 5.97 Å². The van der Waals surface area contributed by atoms with Crippen molar-refractivity contribution < 1.29 is 15.0 Å². The van der Waals surface area contributed by atoms with Crippen molar-refractivity contribution in [1.29, 1.82) is 0 Å². The maximum atomic E-state index is 10.6. The van der Waals surface area contributed by atoms with Gasteiger partial charge in [-0.2, -0.15) is 11.8 Å². The number of aromatic nitrogens is 3. The molecule has 2 heterocycles. The summed E-state index contributed by atoms with van der Waals surface area (Å²) in [5.74, 6) is 2.50. The summed E-state index contributed by atoms with van der Waals surface area (Å²) in [4.78, 5) is 10.6. The molecule has 2 rings (SSSR count). The van der Waals surface area contributed by atoms with Gasteiger partial charge in [0.1, 0.15) is 6.61 Å². The first kappa shape index (κ1) is 14.7. The Hall–Kier alpha value is -0.730. The van der Waals surface area contributed by atoms with E-state index in [4.69, 9.17) is 5.11 Å². The molecule has 19 heavy (non-hydrogen) atoms. The minimum Gasteiger partial charge on any atom is -0.481 e. The fourth-order valence-electron chi connectivity index (χ4n) is 2.04. The molecule has 1 fully saturated rings. The van der Waals surface area contributed by atoms with E-state index in [0.29, 0.717) is 16.9 Å². The van der Waals surface area contributed by atoms with E-state index in [2.05, 4.69) is 10.2 Å². The van der Waals surface area contributed by atoms with Crippen molar-refractivity contribution in [3.63, 3.8) is 0 Å². The van der Waals surface area contributed by atoms with Crippen LogP contribution >= 0.6 is 23.5 Å². The van der Waals surface area contributed by atoms with Gasteiger partial charge >= 0.3 is 5.97 Å². The van der Waals surface area contributed by atoms with Crippen LogP contribution in [0.1, 0.15) is 18.7 Å². The molecule has 1 aromatic rings. The third-order valence-corrected chi connectivity index (χ3v) is 5.04. The first-order valence-corrected chi connectivity index (χ1v) is 8.30. The Morgan fingerprint density at radius 2 is 2.16 bits per heavy atom. The van der Waals surface area contributed by atoms with E-state index in [1.807, 2.05) is 16.3 Å². The van der Waals surface area contributed by atoms with Crippen LogP contribution in [0.3, 0.4) is 0 Å². The lowest BCUT2D eigenvalue weighted by Crippen LogP contribution is -2.18. The molecule has 0 aromatic carbocycles. The van der Waals surface area contributed by atoms with Crippen molar-refractivity contribution in [2.75, 3.05) is 17.3 Å². The third-order valence-electron chi connectivity index (χ3n) is 3.04. The van der Waals surface area contributed by atoms with Crippen molar-refractivity contribution in [2.24, 2.45) is 5.92 Å². The molecule has 8 heteroatoms. The number of carboxylic acid groups (broad SMARTS) is 1. The number of aliphatic carboxylic acids is 1. The molecule has 0 radical (unpaired) electrons. The second kappa shape index (κ2) is 7.16. The van der Waals surface area contributed by atoms with E-state index in [1.165, 1.54) is 11.5 Å². The molecule has 106 valence electrons. The summed E-state index contributed by atoms with van der Waals surface area (Å²) in [6, 6.07) is 0. The molecule has 0 amide bonds.